The SMILES string of the molecule is CC1(C)c2ccccc2-c2c(C(c3ccccc3)c3ccc(-c4ccccc4)cc3)cccc21. The predicted molar refractivity (Wildman–Crippen MR) is 143 cm³/mol. The monoisotopic (exact) mass is 436 g/mol. The second-order valence-corrected chi connectivity index (χ2v) is 9.77. The topological polar surface area (TPSA) is 0 Å². The van der Waals surface area contributed by atoms with Gasteiger partial charge in [-0.25, -0.2) is 0 Å². The summed E-state index contributed by atoms with van der Waals surface area (Å²) in [5, 5.41) is 0. The maximum atomic E-state index is 2.35. The first kappa shape index (κ1) is 20.7. The third-order valence-corrected chi connectivity index (χ3v) is 7.43. The Labute approximate surface area is 202 Å². The lowest BCUT2D eigenvalue weighted by Crippen LogP contribution is -2.15. The summed E-state index contributed by atoms with van der Waals surface area (Å²) in [6.07, 6.45) is 0. The molecule has 0 bridgehead atoms. The summed E-state index contributed by atoms with van der Waals surface area (Å²) in [7, 11) is 0. The van der Waals surface area contributed by atoms with Crippen molar-refractivity contribution < 1.29 is 0 Å². The zero-order valence-corrected chi connectivity index (χ0v) is 19.7. The summed E-state index contributed by atoms with van der Waals surface area (Å²) in [5.74, 6) is 0.169. The highest BCUT2D eigenvalue weighted by Crippen LogP contribution is 2.52. The minimum Gasteiger partial charge on any atom is -0.0622 e. The van der Waals surface area contributed by atoms with Crippen LogP contribution in [-0.2, 0) is 5.41 Å². The van der Waals surface area contributed by atoms with Gasteiger partial charge in [0.05, 0.1) is 0 Å². The molecule has 0 aromatic heterocycles. The molecule has 0 fully saturated rings. The van der Waals surface area contributed by atoms with Crippen LogP contribution in [0.5, 0.6) is 0 Å². The average molecular weight is 437 g/mol. The predicted octanol–water partition coefficient (Wildman–Crippen LogP) is 8.84. The number of benzene rings is 5. The van der Waals surface area contributed by atoms with Crippen LogP contribution >= 0.6 is 0 Å². The molecule has 0 heteroatoms. The Kier molecular flexibility index (Phi) is 4.96. The van der Waals surface area contributed by atoms with E-state index in [4.69, 9.17) is 0 Å². The first-order valence-electron chi connectivity index (χ1n) is 12.1. The summed E-state index contributed by atoms with van der Waals surface area (Å²) in [6, 6.07) is 46.5. The molecule has 1 unspecified atom stereocenters. The molecule has 0 amide bonds. The van der Waals surface area contributed by atoms with Gasteiger partial charge in [0.1, 0.15) is 0 Å². The van der Waals surface area contributed by atoms with E-state index in [-0.39, 0.29) is 11.3 Å². The molecule has 5 aromatic carbocycles. The molecule has 0 radical (unpaired) electrons. The molecule has 0 heterocycles. The van der Waals surface area contributed by atoms with Crippen LogP contribution < -0.4 is 0 Å². The highest BCUT2D eigenvalue weighted by atomic mass is 14.4. The molecule has 0 saturated heterocycles. The Morgan fingerprint density at radius 2 is 1.03 bits per heavy atom. The fourth-order valence-electron chi connectivity index (χ4n) is 5.72. The number of hydrogen-bond donors (Lipinski definition) is 0. The van der Waals surface area contributed by atoms with Crippen molar-refractivity contribution >= 4 is 0 Å². The lowest BCUT2D eigenvalue weighted by atomic mass is 9.79. The van der Waals surface area contributed by atoms with E-state index in [2.05, 4.69) is 141 Å². The fourth-order valence-corrected chi connectivity index (χ4v) is 5.72. The molecule has 0 aliphatic heterocycles. The molecule has 6 rings (SSSR count). The van der Waals surface area contributed by atoms with Gasteiger partial charge in [-0.15, -0.1) is 0 Å². The van der Waals surface area contributed by atoms with E-state index in [0.29, 0.717) is 0 Å². The molecule has 1 aliphatic carbocycles. The molecule has 1 atom stereocenters. The van der Waals surface area contributed by atoms with Crippen molar-refractivity contribution in [3.8, 4) is 22.3 Å². The number of rotatable bonds is 4. The molecule has 0 spiro atoms. The van der Waals surface area contributed by atoms with Crippen LogP contribution in [0.3, 0.4) is 0 Å². The molecular weight excluding hydrogens is 408 g/mol. The molecule has 164 valence electrons. The van der Waals surface area contributed by atoms with Crippen molar-refractivity contribution in [1.29, 1.82) is 0 Å². The van der Waals surface area contributed by atoms with E-state index in [0.717, 1.165) is 0 Å². The van der Waals surface area contributed by atoms with E-state index in [1.807, 2.05) is 0 Å². The molecule has 0 saturated carbocycles. The maximum absolute atomic E-state index is 2.35. The van der Waals surface area contributed by atoms with Crippen LogP contribution in [-0.4, -0.2) is 0 Å². The highest BCUT2D eigenvalue weighted by molar-refractivity contribution is 5.84. The Morgan fingerprint density at radius 3 is 1.76 bits per heavy atom. The second kappa shape index (κ2) is 8.15. The lowest BCUT2D eigenvalue weighted by molar-refractivity contribution is 0.659. The van der Waals surface area contributed by atoms with Crippen molar-refractivity contribution in [2.24, 2.45) is 0 Å². The van der Waals surface area contributed by atoms with E-state index in [1.165, 1.54) is 50.1 Å². The van der Waals surface area contributed by atoms with Crippen LogP contribution in [0.15, 0.2) is 127 Å². The van der Waals surface area contributed by atoms with Gasteiger partial charge >= 0.3 is 0 Å². The van der Waals surface area contributed by atoms with Gasteiger partial charge in [-0.2, -0.15) is 0 Å². The molecule has 1 aliphatic rings. The lowest BCUT2D eigenvalue weighted by Gasteiger charge is -2.24. The number of hydrogen-bond acceptors (Lipinski definition) is 0. The van der Waals surface area contributed by atoms with Gasteiger partial charge in [0.15, 0.2) is 0 Å². The van der Waals surface area contributed by atoms with Crippen molar-refractivity contribution in [2.75, 3.05) is 0 Å². The summed E-state index contributed by atoms with van der Waals surface area (Å²) in [5.41, 5.74) is 12.2. The van der Waals surface area contributed by atoms with Gasteiger partial charge in [-0.3, -0.25) is 0 Å². The van der Waals surface area contributed by atoms with Crippen LogP contribution in [0.2, 0.25) is 0 Å². The van der Waals surface area contributed by atoms with E-state index in [9.17, 15) is 0 Å². The second-order valence-electron chi connectivity index (χ2n) is 9.77. The van der Waals surface area contributed by atoms with Gasteiger partial charge in [0, 0.05) is 11.3 Å². The van der Waals surface area contributed by atoms with Crippen molar-refractivity contribution in [3.05, 3.63) is 155 Å². The first-order chi connectivity index (χ1) is 16.6. The fraction of sp³-hybridized carbons (Fsp3) is 0.118. The smallest absolute Gasteiger partial charge is 0.0346 e. The van der Waals surface area contributed by atoms with Crippen LogP contribution in [0.4, 0.5) is 0 Å². The number of fused-ring (bicyclic) bond motifs is 3. The minimum absolute atomic E-state index is 0.000339. The summed E-state index contributed by atoms with van der Waals surface area (Å²) in [6.45, 7) is 4.71. The third kappa shape index (κ3) is 3.30. The van der Waals surface area contributed by atoms with Crippen molar-refractivity contribution in [3.63, 3.8) is 0 Å². The normalized spacial score (nSPS) is 14.3. The van der Waals surface area contributed by atoms with Crippen molar-refractivity contribution in [1.82, 2.24) is 0 Å². The van der Waals surface area contributed by atoms with Gasteiger partial charge in [-0.1, -0.05) is 141 Å². The van der Waals surface area contributed by atoms with Gasteiger partial charge in [0.25, 0.3) is 0 Å². The summed E-state index contributed by atoms with van der Waals surface area (Å²) >= 11 is 0. The third-order valence-electron chi connectivity index (χ3n) is 7.43. The largest absolute Gasteiger partial charge is 0.0622 e. The molecule has 34 heavy (non-hydrogen) atoms. The van der Waals surface area contributed by atoms with Crippen LogP contribution in [0.1, 0.15) is 47.6 Å². The minimum atomic E-state index is 0.000339. The van der Waals surface area contributed by atoms with E-state index in [1.54, 1.807) is 0 Å². The van der Waals surface area contributed by atoms with Gasteiger partial charge in [0.2, 0.25) is 0 Å². The standard InChI is InChI=1S/C34H28/c1-34(2)30-18-10-9-16-28(30)33-29(17-11-19-31(33)34)32(26-14-7-4-8-15-26)27-22-20-25(21-23-27)24-12-5-3-6-13-24/h3-23,32H,1-2H3. The van der Waals surface area contributed by atoms with Crippen LogP contribution in [0.25, 0.3) is 22.3 Å². The van der Waals surface area contributed by atoms with E-state index >= 15 is 0 Å². The van der Waals surface area contributed by atoms with Gasteiger partial charge in [-0.05, 0) is 50.1 Å². The zero-order chi connectivity index (χ0) is 23.1. The average Bonchev–Trinajstić information content (AvgIpc) is 3.13. The maximum Gasteiger partial charge on any atom is 0.0346 e. The Morgan fingerprint density at radius 1 is 0.471 bits per heavy atom. The quantitative estimate of drug-likeness (QED) is 0.247. The zero-order valence-electron chi connectivity index (χ0n) is 19.7. The summed E-state index contributed by atoms with van der Waals surface area (Å²) < 4.78 is 0. The Hall–Kier alpha value is -3.90. The molecular formula is C34H28. The van der Waals surface area contributed by atoms with Crippen molar-refractivity contribution in [2.45, 2.75) is 25.2 Å². The Balaban J connectivity index is 1.55. The van der Waals surface area contributed by atoms with E-state index < -0.39 is 0 Å². The molecule has 5 aromatic rings. The molecule has 0 nitrogen and oxygen atoms in total. The first-order valence-corrected chi connectivity index (χ1v) is 12.1. The van der Waals surface area contributed by atoms with Gasteiger partial charge < -0.3 is 0 Å². The highest BCUT2D eigenvalue weighted by Gasteiger charge is 2.37. The Bertz CT molecular complexity index is 1440. The summed E-state index contributed by atoms with van der Waals surface area (Å²) in [4.78, 5) is 0. The molecule has 0 N–H and O–H groups in total. The van der Waals surface area contributed by atoms with Crippen LogP contribution in [0, 0.1) is 0 Å².